The Kier molecular flexibility index (Phi) is 21.3. The fraction of sp³-hybridized carbons (Fsp3) is 0.531. The van der Waals surface area contributed by atoms with Crippen molar-refractivity contribution in [2.75, 3.05) is 42.5 Å². The minimum Gasteiger partial charge on any atom is -1.00 e. The van der Waals surface area contributed by atoms with Gasteiger partial charge in [-0.05, 0) is 114 Å². The molecule has 0 amide bonds. The van der Waals surface area contributed by atoms with Crippen LogP contribution in [0.2, 0.25) is 0 Å². The topological polar surface area (TPSA) is 88.6 Å². The van der Waals surface area contributed by atoms with Crippen LogP contribution in [0.25, 0.3) is 0 Å². The van der Waals surface area contributed by atoms with Gasteiger partial charge < -0.3 is 31.2 Å². The average Bonchev–Trinajstić information content (AvgIpc) is 3.71. The third kappa shape index (κ3) is 12.5. The van der Waals surface area contributed by atoms with Crippen molar-refractivity contribution >= 4 is 41.0 Å². The number of benzene rings is 3. The van der Waals surface area contributed by atoms with Crippen molar-refractivity contribution in [3.8, 4) is 0 Å². The van der Waals surface area contributed by atoms with E-state index in [4.69, 9.17) is 14.2 Å². The van der Waals surface area contributed by atoms with Crippen molar-refractivity contribution in [3.05, 3.63) is 119 Å². The van der Waals surface area contributed by atoms with Crippen LogP contribution in [0.3, 0.4) is 0 Å². The smallest absolute Gasteiger partial charge is 1.00 e. The summed E-state index contributed by atoms with van der Waals surface area (Å²) in [5, 5.41) is 0. The van der Waals surface area contributed by atoms with Gasteiger partial charge in [0.2, 0.25) is 0 Å². The van der Waals surface area contributed by atoms with Gasteiger partial charge in [0.15, 0.2) is 0 Å². The van der Waals surface area contributed by atoms with E-state index < -0.39 is 0 Å². The monoisotopic (exact) mass is 949 g/mol. The van der Waals surface area contributed by atoms with Crippen LogP contribution in [-0.2, 0) is 28.6 Å². The Bertz CT molecular complexity index is 1850. The molecule has 6 bridgehead atoms. The van der Waals surface area contributed by atoms with Crippen LogP contribution in [0.15, 0.2) is 84.4 Å². The molecule has 0 spiro atoms. The van der Waals surface area contributed by atoms with E-state index in [-0.39, 0.29) is 119 Å². The Balaban J connectivity index is 0.000000232. The Morgan fingerprint density at radius 2 is 1.00 bits per heavy atom. The molecule has 3 aromatic rings. The molecule has 6 aliphatic rings. The maximum absolute atomic E-state index is 13.1. The molecule has 340 valence electrons. The molecule has 0 aromatic heterocycles. The van der Waals surface area contributed by atoms with Crippen molar-refractivity contribution in [2.24, 2.45) is 11.8 Å². The Labute approximate surface area is 399 Å². The average molecular weight is 951 g/mol. The summed E-state index contributed by atoms with van der Waals surface area (Å²) in [5.74, 6) is -1.14. The minimum atomic E-state index is -0.237. The molecule has 6 heterocycles. The number of hydrogen-bond acceptors (Lipinski definition) is 9. The third-order valence-electron chi connectivity index (χ3n) is 14.0. The number of esters is 3. The third-order valence-corrected chi connectivity index (χ3v) is 14.0. The van der Waals surface area contributed by atoms with Gasteiger partial charge in [0.05, 0.1) is 38.7 Å². The van der Waals surface area contributed by atoms with Gasteiger partial charge in [-0.2, -0.15) is 18.2 Å². The van der Waals surface area contributed by atoms with E-state index in [1.165, 1.54) is 76.3 Å². The first-order valence-corrected chi connectivity index (χ1v) is 21.1. The van der Waals surface area contributed by atoms with E-state index in [9.17, 15) is 27.6 Å². The largest absolute Gasteiger partial charge is 2.00 e. The van der Waals surface area contributed by atoms with Gasteiger partial charge in [0, 0.05) is 53.9 Å². The van der Waals surface area contributed by atoms with E-state index in [0.717, 1.165) is 68.1 Å². The first-order chi connectivity index (χ1) is 28.9. The van der Waals surface area contributed by atoms with Crippen LogP contribution in [0, 0.1) is 35.4 Å². The summed E-state index contributed by atoms with van der Waals surface area (Å²) in [7, 11) is 10.6. The minimum absolute atomic E-state index is 0. The molecule has 9 nitrogen and oxygen atoms in total. The summed E-state index contributed by atoms with van der Waals surface area (Å²) in [6.45, 7) is 0. The number of likely N-dealkylation sites (N-methyl/N-ethyl adjacent to an activating group) is 1. The second-order valence-electron chi connectivity index (χ2n) is 16.8. The number of nitrogens with zero attached hydrogens (tertiary/aromatic N) is 3. The van der Waals surface area contributed by atoms with E-state index in [2.05, 4.69) is 41.9 Å². The first kappa shape index (κ1) is 54.1. The second kappa shape index (κ2) is 24.9. The van der Waals surface area contributed by atoms with Crippen LogP contribution in [0.5, 0.6) is 0 Å². The van der Waals surface area contributed by atoms with Gasteiger partial charge in [-0.15, -0.1) is 12.1 Å². The molecule has 9 rings (SSSR count). The Morgan fingerprint density at radius 1 is 0.587 bits per heavy atom. The molecule has 10 atom stereocenters. The van der Waals surface area contributed by atoms with Crippen LogP contribution in [0.4, 0.5) is 13.2 Å². The second-order valence-corrected chi connectivity index (χ2v) is 16.8. The summed E-state index contributed by atoms with van der Waals surface area (Å²) < 4.78 is 52.9. The number of methoxy groups -OCH3 is 3. The number of carbonyl (C=O) groups is 3. The molecule has 14 heteroatoms. The van der Waals surface area contributed by atoms with E-state index in [1.807, 2.05) is 6.08 Å². The number of fused-ring (bicyclic) bond motifs is 6. The number of halogens is 4. The van der Waals surface area contributed by atoms with Crippen LogP contribution >= 0.6 is 0 Å². The zero-order valence-corrected chi connectivity index (χ0v) is 39.7. The Hall–Kier alpha value is -3.27. The predicted molar refractivity (Wildman–Crippen MR) is 235 cm³/mol. The van der Waals surface area contributed by atoms with Gasteiger partial charge in [-0.3, -0.25) is 24.3 Å². The fourth-order valence-electron chi connectivity index (χ4n) is 10.7. The summed E-state index contributed by atoms with van der Waals surface area (Å²) in [5.41, 5.74) is 2.96. The quantitative estimate of drug-likeness (QED) is 0.153. The predicted octanol–water partition coefficient (Wildman–Crippen LogP) is 4.97. The summed E-state index contributed by atoms with van der Waals surface area (Å²) in [4.78, 5) is 42.8. The molecule has 0 aliphatic carbocycles. The fourth-order valence-corrected chi connectivity index (χ4v) is 10.7. The molecule has 6 aliphatic heterocycles. The van der Waals surface area contributed by atoms with Gasteiger partial charge >= 0.3 is 41.0 Å². The van der Waals surface area contributed by atoms with E-state index in [1.54, 1.807) is 24.3 Å². The zero-order valence-electron chi connectivity index (χ0n) is 36.7. The molecule has 5 fully saturated rings. The maximum atomic E-state index is 13.1. The molecular weight excluding hydrogens is 888 g/mol. The van der Waals surface area contributed by atoms with Crippen LogP contribution < -0.4 is 17.0 Å². The normalized spacial score (nSPS) is 28.8. The van der Waals surface area contributed by atoms with Gasteiger partial charge in [0.1, 0.15) is 11.6 Å². The van der Waals surface area contributed by atoms with E-state index >= 15 is 0 Å². The van der Waals surface area contributed by atoms with Crippen molar-refractivity contribution in [1.29, 1.82) is 0 Å². The van der Waals surface area contributed by atoms with Crippen molar-refractivity contribution in [2.45, 2.75) is 113 Å². The molecule has 10 unspecified atom stereocenters. The summed E-state index contributed by atoms with van der Waals surface area (Å²) in [6, 6.07) is 24.1. The van der Waals surface area contributed by atoms with Crippen LogP contribution in [-0.4, -0.2) is 134 Å². The van der Waals surface area contributed by atoms with Gasteiger partial charge in [-0.25, -0.2) is 18.0 Å². The van der Waals surface area contributed by atoms with Crippen molar-refractivity contribution in [1.82, 2.24) is 14.7 Å². The molecular formula is C49H63BrF3MgN3O6. The molecule has 3 aromatic carbocycles. The number of ether oxygens (including phenoxy) is 3. The molecule has 0 N–H and O–H groups in total. The molecule has 0 radical (unpaired) electrons. The molecule has 0 saturated carbocycles. The Morgan fingerprint density at radius 3 is 1.38 bits per heavy atom. The molecule has 5 saturated heterocycles. The number of piperidine rings is 2. The summed E-state index contributed by atoms with van der Waals surface area (Å²) in [6.07, 6.45) is 11.6. The van der Waals surface area contributed by atoms with Crippen LogP contribution in [0.1, 0.15) is 88.2 Å². The molecule has 63 heavy (non-hydrogen) atoms. The standard InChI is InChI=1S/2C16H20FNO2.C10H15NO2.C6H4F.CH4.BrH.Mg/c2*1-18-12-7-8-14(18)15(16(19)20-2)13(9-12)10-3-5-11(17)6-4-10;1-11-7-3-5-8(10(12)13-2)9(11)6-4-7;7-6-4-2-1-3-5-6;;;/h2*3-6,12-15H,7-9H2,1-2H3;5,7,9H,3-4,6H2,1-2H3;2-5H;1H4;1H;/q;;;-1;;;+2/p-1. The zero-order chi connectivity index (χ0) is 43.1. The van der Waals surface area contributed by atoms with Crippen molar-refractivity contribution in [3.63, 3.8) is 0 Å². The van der Waals surface area contributed by atoms with E-state index in [0.29, 0.717) is 24.2 Å². The summed E-state index contributed by atoms with van der Waals surface area (Å²) >= 11 is 0. The van der Waals surface area contributed by atoms with Gasteiger partial charge in [-0.1, -0.05) is 37.8 Å². The maximum Gasteiger partial charge on any atom is 2.00 e. The number of hydrogen-bond donors (Lipinski definition) is 0. The number of carbonyl (C=O) groups excluding carboxylic acids is 3. The number of rotatable bonds is 5. The van der Waals surface area contributed by atoms with Crippen molar-refractivity contribution < 1.29 is 58.7 Å². The first-order valence-electron chi connectivity index (χ1n) is 21.1. The van der Waals surface area contributed by atoms with Gasteiger partial charge in [0.25, 0.3) is 0 Å². The SMILES string of the molecule is C.COC(=O)C1=CCC2CCC1N2C.COC(=O)C1C(c2ccc(F)cc2)CC2CCC1N2C.COC(=O)C1C(c2ccc(F)cc2)CC2CCC1N2C.Fc1cc[c-]cc1.[Br-].[Mg+2].